The SMILES string of the molecule is CC1CCCN(C(=O)c2ccccc2COc2ccccc2)C1. The smallest absolute Gasteiger partial charge is 0.254 e. The average Bonchev–Trinajstić information content (AvgIpc) is 2.60. The Morgan fingerprint density at radius 3 is 2.65 bits per heavy atom. The molecule has 2 aromatic carbocycles. The molecule has 0 aromatic heterocycles. The Bertz CT molecular complexity index is 654. The Morgan fingerprint density at radius 2 is 1.87 bits per heavy atom. The molecule has 0 bridgehead atoms. The molecular weight excluding hydrogens is 286 g/mol. The number of benzene rings is 2. The van der Waals surface area contributed by atoms with Gasteiger partial charge in [-0.05, 0) is 37.0 Å². The van der Waals surface area contributed by atoms with E-state index in [1.165, 1.54) is 6.42 Å². The van der Waals surface area contributed by atoms with E-state index in [1.807, 2.05) is 59.5 Å². The average molecular weight is 309 g/mol. The molecule has 2 aromatic rings. The van der Waals surface area contributed by atoms with E-state index in [9.17, 15) is 4.79 Å². The van der Waals surface area contributed by atoms with Crippen molar-refractivity contribution in [1.29, 1.82) is 0 Å². The molecule has 0 N–H and O–H groups in total. The lowest BCUT2D eigenvalue weighted by Crippen LogP contribution is -2.39. The van der Waals surface area contributed by atoms with E-state index < -0.39 is 0 Å². The van der Waals surface area contributed by atoms with E-state index in [1.54, 1.807) is 0 Å². The van der Waals surface area contributed by atoms with Gasteiger partial charge in [-0.1, -0.05) is 43.3 Å². The van der Waals surface area contributed by atoms with Gasteiger partial charge in [0, 0.05) is 24.2 Å². The third-order valence-electron chi connectivity index (χ3n) is 4.33. The number of hydrogen-bond donors (Lipinski definition) is 0. The second-order valence-electron chi connectivity index (χ2n) is 6.26. The van der Waals surface area contributed by atoms with Gasteiger partial charge < -0.3 is 9.64 Å². The molecular formula is C20H23NO2. The molecule has 120 valence electrons. The lowest BCUT2D eigenvalue weighted by Gasteiger charge is -2.31. The Labute approximate surface area is 137 Å². The highest BCUT2D eigenvalue weighted by Gasteiger charge is 2.23. The first kappa shape index (κ1) is 15.6. The third-order valence-corrected chi connectivity index (χ3v) is 4.33. The fraction of sp³-hybridized carbons (Fsp3) is 0.350. The summed E-state index contributed by atoms with van der Waals surface area (Å²) in [5.41, 5.74) is 1.71. The van der Waals surface area contributed by atoms with Gasteiger partial charge in [0.05, 0.1) is 0 Å². The zero-order chi connectivity index (χ0) is 16.1. The number of para-hydroxylation sites is 1. The van der Waals surface area contributed by atoms with Crippen LogP contribution < -0.4 is 4.74 Å². The maximum Gasteiger partial charge on any atom is 0.254 e. The topological polar surface area (TPSA) is 29.5 Å². The summed E-state index contributed by atoms with van der Waals surface area (Å²) in [5.74, 6) is 1.53. The number of amides is 1. The molecule has 3 heteroatoms. The van der Waals surface area contributed by atoms with E-state index in [0.717, 1.165) is 36.4 Å². The van der Waals surface area contributed by atoms with Crippen LogP contribution in [0.1, 0.15) is 35.7 Å². The fourth-order valence-electron chi connectivity index (χ4n) is 3.08. The molecule has 0 radical (unpaired) electrons. The summed E-state index contributed by atoms with van der Waals surface area (Å²) in [6, 6.07) is 17.5. The lowest BCUT2D eigenvalue weighted by atomic mass is 9.98. The first-order valence-corrected chi connectivity index (χ1v) is 8.29. The first-order chi connectivity index (χ1) is 11.2. The van der Waals surface area contributed by atoms with Gasteiger partial charge in [0.1, 0.15) is 12.4 Å². The van der Waals surface area contributed by atoms with Crippen LogP contribution in [0.5, 0.6) is 5.75 Å². The number of nitrogens with zero attached hydrogens (tertiary/aromatic N) is 1. The summed E-state index contributed by atoms with van der Waals surface area (Å²) in [4.78, 5) is 14.8. The van der Waals surface area contributed by atoms with Gasteiger partial charge in [-0.25, -0.2) is 0 Å². The largest absolute Gasteiger partial charge is 0.489 e. The number of piperidine rings is 1. The molecule has 1 fully saturated rings. The molecule has 1 aliphatic rings. The fourth-order valence-corrected chi connectivity index (χ4v) is 3.08. The minimum atomic E-state index is 0.129. The molecule has 0 aliphatic carbocycles. The lowest BCUT2D eigenvalue weighted by molar-refractivity contribution is 0.0680. The summed E-state index contributed by atoms with van der Waals surface area (Å²) in [7, 11) is 0. The normalized spacial score (nSPS) is 17.8. The van der Waals surface area contributed by atoms with Crippen LogP contribution in [0.4, 0.5) is 0 Å². The third kappa shape index (κ3) is 3.92. The van der Waals surface area contributed by atoms with E-state index in [0.29, 0.717) is 12.5 Å². The Hall–Kier alpha value is -2.29. The van der Waals surface area contributed by atoms with Crippen LogP contribution in [0, 0.1) is 5.92 Å². The summed E-state index contributed by atoms with van der Waals surface area (Å²) in [5, 5.41) is 0. The van der Waals surface area contributed by atoms with Crippen molar-refractivity contribution in [3.05, 3.63) is 65.7 Å². The van der Waals surface area contributed by atoms with Gasteiger partial charge in [-0.3, -0.25) is 4.79 Å². The summed E-state index contributed by atoms with van der Waals surface area (Å²) in [6.45, 7) is 4.34. The maximum absolute atomic E-state index is 12.8. The van der Waals surface area contributed by atoms with Crippen molar-refractivity contribution in [3.8, 4) is 5.75 Å². The Balaban J connectivity index is 1.73. The zero-order valence-electron chi connectivity index (χ0n) is 13.6. The molecule has 23 heavy (non-hydrogen) atoms. The summed E-state index contributed by atoms with van der Waals surface area (Å²) in [6.07, 6.45) is 2.30. The molecule has 0 saturated carbocycles. The van der Waals surface area contributed by atoms with Crippen LogP contribution in [0.25, 0.3) is 0 Å². The predicted molar refractivity (Wildman–Crippen MR) is 91.5 cm³/mol. The highest BCUT2D eigenvalue weighted by atomic mass is 16.5. The highest BCUT2D eigenvalue weighted by Crippen LogP contribution is 2.20. The Morgan fingerprint density at radius 1 is 1.13 bits per heavy atom. The minimum Gasteiger partial charge on any atom is -0.489 e. The predicted octanol–water partition coefficient (Wildman–Crippen LogP) is 4.14. The van der Waals surface area contributed by atoms with Gasteiger partial charge in [0.2, 0.25) is 0 Å². The molecule has 3 rings (SSSR count). The van der Waals surface area contributed by atoms with Crippen molar-refractivity contribution in [2.24, 2.45) is 5.92 Å². The molecule has 1 aliphatic heterocycles. The first-order valence-electron chi connectivity index (χ1n) is 8.29. The van der Waals surface area contributed by atoms with Gasteiger partial charge >= 0.3 is 0 Å². The second-order valence-corrected chi connectivity index (χ2v) is 6.26. The van der Waals surface area contributed by atoms with E-state index in [2.05, 4.69) is 6.92 Å². The number of carbonyl (C=O) groups excluding carboxylic acids is 1. The van der Waals surface area contributed by atoms with Crippen LogP contribution in [-0.2, 0) is 6.61 Å². The van der Waals surface area contributed by atoms with Crippen LogP contribution in [-0.4, -0.2) is 23.9 Å². The van der Waals surface area contributed by atoms with Crippen molar-refractivity contribution in [1.82, 2.24) is 4.90 Å². The molecule has 1 atom stereocenters. The van der Waals surface area contributed by atoms with Gasteiger partial charge in [-0.2, -0.15) is 0 Å². The number of hydrogen-bond acceptors (Lipinski definition) is 2. The summed E-state index contributed by atoms with van der Waals surface area (Å²) < 4.78 is 5.82. The van der Waals surface area contributed by atoms with Crippen LogP contribution in [0.2, 0.25) is 0 Å². The number of carbonyl (C=O) groups is 1. The van der Waals surface area contributed by atoms with E-state index >= 15 is 0 Å². The molecule has 1 heterocycles. The minimum absolute atomic E-state index is 0.129. The van der Waals surface area contributed by atoms with Crippen molar-refractivity contribution < 1.29 is 9.53 Å². The van der Waals surface area contributed by atoms with Gasteiger partial charge in [0.25, 0.3) is 5.91 Å². The molecule has 0 spiro atoms. The van der Waals surface area contributed by atoms with E-state index in [-0.39, 0.29) is 5.91 Å². The summed E-state index contributed by atoms with van der Waals surface area (Å²) >= 11 is 0. The van der Waals surface area contributed by atoms with Crippen molar-refractivity contribution in [2.45, 2.75) is 26.4 Å². The van der Waals surface area contributed by atoms with E-state index in [4.69, 9.17) is 4.74 Å². The monoisotopic (exact) mass is 309 g/mol. The highest BCUT2D eigenvalue weighted by molar-refractivity contribution is 5.95. The van der Waals surface area contributed by atoms with Crippen molar-refractivity contribution >= 4 is 5.91 Å². The van der Waals surface area contributed by atoms with Crippen molar-refractivity contribution in [3.63, 3.8) is 0 Å². The number of likely N-dealkylation sites (tertiary alicyclic amines) is 1. The van der Waals surface area contributed by atoms with Gasteiger partial charge in [0.15, 0.2) is 0 Å². The number of rotatable bonds is 4. The van der Waals surface area contributed by atoms with Crippen LogP contribution in [0.3, 0.4) is 0 Å². The second kappa shape index (κ2) is 7.32. The Kier molecular flexibility index (Phi) is 4.96. The molecule has 1 unspecified atom stereocenters. The van der Waals surface area contributed by atoms with Gasteiger partial charge in [-0.15, -0.1) is 0 Å². The quantitative estimate of drug-likeness (QED) is 0.849. The zero-order valence-corrected chi connectivity index (χ0v) is 13.6. The molecule has 1 amide bonds. The number of ether oxygens (including phenoxy) is 1. The van der Waals surface area contributed by atoms with Crippen molar-refractivity contribution in [2.75, 3.05) is 13.1 Å². The molecule has 1 saturated heterocycles. The molecule has 3 nitrogen and oxygen atoms in total. The standard InChI is InChI=1S/C20H23NO2/c1-16-8-7-13-21(14-16)20(22)19-12-6-5-9-17(19)15-23-18-10-3-2-4-11-18/h2-6,9-12,16H,7-8,13-15H2,1H3. The maximum atomic E-state index is 12.8. The van der Waals surface area contributed by atoms with Crippen LogP contribution in [0.15, 0.2) is 54.6 Å². The van der Waals surface area contributed by atoms with Crippen LogP contribution >= 0.6 is 0 Å².